The Kier molecular flexibility index (Phi) is 6.92. The second kappa shape index (κ2) is 11.8. The van der Waals surface area contributed by atoms with Gasteiger partial charge in [-0.3, -0.25) is 0 Å². The highest BCUT2D eigenvalue weighted by atomic mass is 16.5. The molecular formula is C47H37N3O. The van der Waals surface area contributed by atoms with Gasteiger partial charge in [0, 0.05) is 27.6 Å². The second-order valence-corrected chi connectivity index (χ2v) is 14.5. The van der Waals surface area contributed by atoms with Gasteiger partial charge in [0.1, 0.15) is 0 Å². The quantitative estimate of drug-likeness (QED) is 0.191. The summed E-state index contributed by atoms with van der Waals surface area (Å²) in [6.45, 7) is 4.56. The fourth-order valence-corrected chi connectivity index (χ4v) is 8.01. The normalized spacial score (nSPS) is 18.6. The van der Waals surface area contributed by atoms with Crippen molar-refractivity contribution in [3.05, 3.63) is 155 Å². The Labute approximate surface area is 298 Å². The number of benzene rings is 6. The van der Waals surface area contributed by atoms with Gasteiger partial charge in [0.15, 0.2) is 17.8 Å². The van der Waals surface area contributed by atoms with Crippen molar-refractivity contribution < 1.29 is 4.74 Å². The number of allylic oxidation sites excluding steroid dienone is 2. The lowest BCUT2D eigenvalue weighted by atomic mass is 9.88. The SMILES string of the molecule is CC1C=Cc2ccc(-c3cc(-c4ccc5c(c4)CC(C)C=C5)nc(-c4ccc5c(ccc6ccc7c(c65)OC(c5ccccc5)N7)c4)n3)cc2C1. The monoisotopic (exact) mass is 659 g/mol. The topological polar surface area (TPSA) is 47.0 Å². The summed E-state index contributed by atoms with van der Waals surface area (Å²) in [5, 5.41) is 8.12. The highest BCUT2D eigenvalue weighted by Crippen LogP contribution is 2.46. The summed E-state index contributed by atoms with van der Waals surface area (Å²) in [6.07, 6.45) is 11.0. The summed E-state index contributed by atoms with van der Waals surface area (Å²) in [4.78, 5) is 10.5. The summed E-state index contributed by atoms with van der Waals surface area (Å²) in [5.41, 5.74) is 12.6. The minimum Gasteiger partial charge on any atom is -0.464 e. The molecule has 3 atom stereocenters. The number of aromatic nitrogens is 2. The molecule has 1 N–H and O–H groups in total. The van der Waals surface area contributed by atoms with Gasteiger partial charge < -0.3 is 10.1 Å². The molecule has 0 spiro atoms. The molecule has 10 rings (SSSR count). The summed E-state index contributed by atoms with van der Waals surface area (Å²) in [6, 6.07) is 41.3. The fourth-order valence-electron chi connectivity index (χ4n) is 8.01. The zero-order chi connectivity index (χ0) is 34.1. The van der Waals surface area contributed by atoms with E-state index >= 15 is 0 Å². The van der Waals surface area contributed by atoms with Crippen LogP contribution < -0.4 is 10.1 Å². The van der Waals surface area contributed by atoms with Crippen molar-refractivity contribution in [2.24, 2.45) is 11.8 Å². The Morgan fingerprint density at radius 1 is 0.608 bits per heavy atom. The van der Waals surface area contributed by atoms with Crippen LogP contribution in [0.1, 0.15) is 47.9 Å². The third-order valence-electron chi connectivity index (χ3n) is 10.7. The smallest absolute Gasteiger partial charge is 0.196 e. The molecule has 51 heavy (non-hydrogen) atoms. The van der Waals surface area contributed by atoms with Crippen LogP contribution in [0.2, 0.25) is 0 Å². The van der Waals surface area contributed by atoms with Gasteiger partial charge in [-0.2, -0.15) is 0 Å². The van der Waals surface area contributed by atoms with E-state index in [-0.39, 0.29) is 6.23 Å². The van der Waals surface area contributed by atoms with Crippen LogP contribution in [0.5, 0.6) is 5.75 Å². The average molecular weight is 660 g/mol. The van der Waals surface area contributed by atoms with Gasteiger partial charge >= 0.3 is 0 Å². The van der Waals surface area contributed by atoms with E-state index in [1.165, 1.54) is 22.3 Å². The minimum atomic E-state index is -0.221. The molecule has 0 radical (unpaired) electrons. The number of fused-ring (bicyclic) bond motifs is 7. The molecule has 0 saturated carbocycles. The van der Waals surface area contributed by atoms with Gasteiger partial charge in [-0.1, -0.05) is 123 Å². The number of ether oxygens (including phenoxy) is 1. The molecule has 4 nitrogen and oxygen atoms in total. The van der Waals surface area contributed by atoms with Crippen LogP contribution in [-0.4, -0.2) is 9.97 Å². The van der Waals surface area contributed by atoms with E-state index in [1.807, 2.05) is 18.2 Å². The lowest BCUT2D eigenvalue weighted by molar-refractivity contribution is 0.263. The summed E-state index contributed by atoms with van der Waals surface area (Å²) in [7, 11) is 0. The average Bonchev–Trinajstić information content (AvgIpc) is 3.62. The number of nitrogens with zero attached hydrogens (tertiary/aromatic N) is 2. The van der Waals surface area contributed by atoms with Gasteiger partial charge in [-0.15, -0.1) is 0 Å². The largest absolute Gasteiger partial charge is 0.464 e. The molecule has 0 amide bonds. The third-order valence-corrected chi connectivity index (χ3v) is 10.7. The van der Waals surface area contributed by atoms with Crippen LogP contribution >= 0.6 is 0 Å². The van der Waals surface area contributed by atoms with Crippen LogP contribution in [0.25, 0.3) is 67.6 Å². The van der Waals surface area contributed by atoms with Crippen molar-refractivity contribution in [1.82, 2.24) is 9.97 Å². The Hall–Kier alpha value is -6.00. The Bertz CT molecular complexity index is 2500. The molecule has 3 unspecified atom stereocenters. The molecule has 7 aromatic rings. The molecular weight excluding hydrogens is 623 g/mol. The van der Waals surface area contributed by atoms with Crippen LogP contribution in [0.3, 0.4) is 0 Å². The first-order valence-electron chi connectivity index (χ1n) is 18.0. The first-order chi connectivity index (χ1) is 25.0. The van der Waals surface area contributed by atoms with E-state index in [0.717, 1.165) is 85.3 Å². The van der Waals surface area contributed by atoms with Crippen LogP contribution in [0, 0.1) is 11.8 Å². The van der Waals surface area contributed by atoms with Crippen molar-refractivity contribution in [1.29, 1.82) is 0 Å². The number of nitrogens with one attached hydrogen (secondary N) is 1. The predicted molar refractivity (Wildman–Crippen MR) is 211 cm³/mol. The van der Waals surface area contributed by atoms with E-state index in [1.54, 1.807) is 0 Å². The van der Waals surface area contributed by atoms with Gasteiger partial charge in [-0.25, -0.2) is 9.97 Å². The molecule has 3 aliphatic rings. The van der Waals surface area contributed by atoms with E-state index in [0.29, 0.717) is 11.8 Å². The summed E-state index contributed by atoms with van der Waals surface area (Å²) in [5.74, 6) is 2.67. The molecule has 0 bridgehead atoms. The highest BCUT2D eigenvalue weighted by molar-refractivity contribution is 6.13. The van der Waals surface area contributed by atoms with E-state index < -0.39 is 0 Å². The van der Waals surface area contributed by atoms with E-state index in [2.05, 4.69) is 141 Å². The molecule has 6 aromatic carbocycles. The maximum absolute atomic E-state index is 6.61. The van der Waals surface area contributed by atoms with Crippen molar-refractivity contribution in [3.63, 3.8) is 0 Å². The molecule has 2 heterocycles. The van der Waals surface area contributed by atoms with E-state index in [4.69, 9.17) is 14.7 Å². The zero-order valence-corrected chi connectivity index (χ0v) is 28.7. The second-order valence-electron chi connectivity index (χ2n) is 14.5. The maximum atomic E-state index is 6.61. The summed E-state index contributed by atoms with van der Waals surface area (Å²) < 4.78 is 6.61. The number of hydrogen-bond donors (Lipinski definition) is 1. The molecule has 0 fully saturated rings. The standard InChI is InChI=1S/C47H37N3O/c1-28-8-10-30-12-16-35(25-38(30)22-28)42-27-43(36-17-13-31-11-9-29(2)23-39(31)26-36)49-46(48-42)37-18-20-40-34(24-37)15-14-32-19-21-41-45(44(32)40)51-47(50-41)33-6-4-3-5-7-33/h3-21,24-29,47,50H,22-23H2,1-2H3. The van der Waals surface area contributed by atoms with Crippen LogP contribution in [0.15, 0.2) is 127 Å². The molecule has 246 valence electrons. The van der Waals surface area contributed by atoms with Gasteiger partial charge in [0.25, 0.3) is 0 Å². The maximum Gasteiger partial charge on any atom is 0.196 e. The Morgan fingerprint density at radius 3 is 1.92 bits per heavy atom. The van der Waals surface area contributed by atoms with Gasteiger partial charge in [-0.05, 0) is 93.4 Å². The van der Waals surface area contributed by atoms with Crippen LogP contribution in [-0.2, 0) is 12.8 Å². The van der Waals surface area contributed by atoms with Gasteiger partial charge in [0.05, 0.1) is 17.1 Å². The van der Waals surface area contributed by atoms with Crippen molar-refractivity contribution >= 4 is 39.4 Å². The molecule has 4 heteroatoms. The third kappa shape index (κ3) is 5.30. The minimum absolute atomic E-state index is 0.221. The zero-order valence-electron chi connectivity index (χ0n) is 28.7. The Balaban J connectivity index is 1.10. The first-order valence-corrected chi connectivity index (χ1v) is 18.0. The number of rotatable bonds is 4. The highest BCUT2D eigenvalue weighted by Gasteiger charge is 2.26. The van der Waals surface area contributed by atoms with Gasteiger partial charge in [0.2, 0.25) is 0 Å². The molecule has 1 aromatic heterocycles. The van der Waals surface area contributed by atoms with E-state index in [9.17, 15) is 0 Å². The van der Waals surface area contributed by atoms with Crippen molar-refractivity contribution in [3.8, 4) is 39.7 Å². The lowest BCUT2D eigenvalue weighted by Gasteiger charge is -2.18. The number of anilines is 1. The molecule has 0 saturated heterocycles. The Morgan fingerprint density at radius 2 is 1.24 bits per heavy atom. The molecule has 2 aliphatic carbocycles. The lowest BCUT2D eigenvalue weighted by Crippen LogP contribution is -2.09. The summed E-state index contributed by atoms with van der Waals surface area (Å²) >= 11 is 0. The fraction of sp³-hybridized carbons (Fsp3) is 0.149. The molecule has 1 aliphatic heterocycles. The predicted octanol–water partition coefficient (Wildman–Crippen LogP) is 11.7. The number of hydrogen-bond acceptors (Lipinski definition) is 4. The van der Waals surface area contributed by atoms with Crippen molar-refractivity contribution in [2.75, 3.05) is 5.32 Å². The van der Waals surface area contributed by atoms with Crippen LogP contribution in [0.4, 0.5) is 5.69 Å². The van der Waals surface area contributed by atoms with Crippen molar-refractivity contribution in [2.45, 2.75) is 32.9 Å². The first kappa shape index (κ1) is 29.9.